The molecule has 0 spiro atoms. The third-order valence-electron chi connectivity index (χ3n) is 1.86. The summed E-state index contributed by atoms with van der Waals surface area (Å²) in [7, 11) is 0. The van der Waals surface area contributed by atoms with Crippen molar-refractivity contribution >= 4 is 11.7 Å². The minimum atomic E-state index is -0.803. The molecular weight excluding hydrogens is 180 g/mol. The van der Waals surface area contributed by atoms with Crippen LogP contribution in [0, 0.1) is 5.41 Å². The van der Waals surface area contributed by atoms with Gasteiger partial charge in [-0.2, -0.15) is 0 Å². The second-order valence-corrected chi connectivity index (χ2v) is 4.39. The van der Waals surface area contributed by atoms with E-state index in [9.17, 15) is 9.59 Å². The summed E-state index contributed by atoms with van der Waals surface area (Å²) >= 11 is 0. The van der Waals surface area contributed by atoms with Crippen LogP contribution < -0.4 is 11.5 Å². The maximum atomic E-state index is 11.6. The van der Waals surface area contributed by atoms with Gasteiger partial charge in [0.15, 0.2) is 5.78 Å². The van der Waals surface area contributed by atoms with Crippen molar-refractivity contribution in [2.75, 3.05) is 0 Å². The van der Waals surface area contributed by atoms with Crippen LogP contribution in [-0.4, -0.2) is 17.7 Å². The monoisotopic (exact) mass is 198 g/mol. The van der Waals surface area contributed by atoms with Crippen LogP contribution in [0.3, 0.4) is 0 Å². The van der Waals surface area contributed by atoms with Crippen LogP contribution in [0.25, 0.3) is 0 Å². The van der Waals surface area contributed by atoms with Crippen molar-refractivity contribution in [2.45, 2.75) is 33.2 Å². The zero-order valence-corrected chi connectivity index (χ0v) is 8.96. The highest BCUT2D eigenvalue weighted by molar-refractivity contribution is 5.92. The van der Waals surface area contributed by atoms with Crippen molar-refractivity contribution in [3.8, 4) is 0 Å². The van der Waals surface area contributed by atoms with Crippen LogP contribution >= 0.6 is 0 Å². The number of hydrogen-bond acceptors (Lipinski definition) is 3. The molecule has 4 N–H and O–H groups in total. The molecule has 4 nitrogen and oxygen atoms in total. The van der Waals surface area contributed by atoms with Gasteiger partial charge in [0.25, 0.3) is 0 Å². The first-order chi connectivity index (χ1) is 6.16. The number of amides is 1. The minimum absolute atomic E-state index is 0.0387. The van der Waals surface area contributed by atoms with Crippen LogP contribution in [0.2, 0.25) is 0 Å². The largest absolute Gasteiger partial charge is 0.369 e. The standard InChI is InChI=1S/C10H18N2O2/c1-6(5-7(11)13)8(12)9(14)10(2,3)4/h8H,1,5,12H2,2-4H3,(H2,11,13)/t8-/m0/s1. The first-order valence-corrected chi connectivity index (χ1v) is 4.42. The highest BCUT2D eigenvalue weighted by Crippen LogP contribution is 2.19. The van der Waals surface area contributed by atoms with Crippen LogP contribution in [0.1, 0.15) is 27.2 Å². The summed E-state index contributed by atoms with van der Waals surface area (Å²) in [6.07, 6.45) is -0.0387. The SMILES string of the molecule is C=C(CC(N)=O)[C@H](N)C(=O)C(C)(C)C. The van der Waals surface area contributed by atoms with Gasteiger partial charge in [-0.3, -0.25) is 9.59 Å². The van der Waals surface area contributed by atoms with E-state index in [-0.39, 0.29) is 12.2 Å². The van der Waals surface area contributed by atoms with Gasteiger partial charge in [-0.25, -0.2) is 0 Å². The Bertz CT molecular complexity index is 264. The lowest BCUT2D eigenvalue weighted by atomic mass is 9.84. The molecule has 0 saturated carbocycles. The van der Waals surface area contributed by atoms with Gasteiger partial charge in [-0.1, -0.05) is 27.4 Å². The second-order valence-electron chi connectivity index (χ2n) is 4.39. The number of carbonyl (C=O) groups excluding carboxylic acids is 2. The molecule has 0 bridgehead atoms. The lowest BCUT2D eigenvalue weighted by Crippen LogP contribution is -2.40. The van der Waals surface area contributed by atoms with Crippen molar-refractivity contribution in [3.63, 3.8) is 0 Å². The Morgan fingerprint density at radius 3 is 2.07 bits per heavy atom. The van der Waals surface area contributed by atoms with Gasteiger partial charge < -0.3 is 11.5 Å². The molecule has 0 fully saturated rings. The number of rotatable bonds is 4. The summed E-state index contributed by atoms with van der Waals surface area (Å²) in [5.74, 6) is -0.657. The molecule has 80 valence electrons. The number of hydrogen-bond donors (Lipinski definition) is 2. The molecule has 0 saturated heterocycles. The van der Waals surface area contributed by atoms with E-state index in [1.807, 2.05) is 0 Å². The Labute approximate surface area is 84.3 Å². The zero-order chi connectivity index (χ0) is 11.5. The quantitative estimate of drug-likeness (QED) is 0.639. The average molecular weight is 198 g/mol. The smallest absolute Gasteiger partial charge is 0.221 e. The molecule has 1 atom stereocenters. The van der Waals surface area contributed by atoms with Gasteiger partial charge in [0.1, 0.15) is 0 Å². The van der Waals surface area contributed by atoms with Crippen molar-refractivity contribution in [1.29, 1.82) is 0 Å². The summed E-state index contributed by atoms with van der Waals surface area (Å²) in [5, 5.41) is 0. The molecule has 0 aromatic heterocycles. The summed E-state index contributed by atoms with van der Waals surface area (Å²) in [5.41, 5.74) is 10.5. The molecule has 0 aliphatic heterocycles. The van der Waals surface area contributed by atoms with Gasteiger partial charge in [0.2, 0.25) is 5.91 Å². The van der Waals surface area contributed by atoms with Crippen molar-refractivity contribution in [2.24, 2.45) is 16.9 Å². The number of Topliss-reactive ketones (excluding diaryl/α,β-unsaturated/α-hetero) is 1. The fourth-order valence-electron chi connectivity index (χ4n) is 0.986. The van der Waals surface area contributed by atoms with Gasteiger partial charge in [-0.15, -0.1) is 0 Å². The summed E-state index contributed by atoms with van der Waals surface area (Å²) in [4.78, 5) is 22.2. The minimum Gasteiger partial charge on any atom is -0.369 e. The molecule has 0 radical (unpaired) electrons. The molecule has 0 unspecified atom stereocenters. The molecule has 0 aliphatic rings. The molecule has 0 aromatic carbocycles. The molecule has 4 heteroatoms. The topological polar surface area (TPSA) is 86.2 Å². The van der Waals surface area contributed by atoms with Crippen molar-refractivity contribution in [1.82, 2.24) is 0 Å². The van der Waals surface area contributed by atoms with Crippen molar-refractivity contribution < 1.29 is 9.59 Å². The maximum Gasteiger partial charge on any atom is 0.221 e. The van der Waals surface area contributed by atoms with E-state index in [4.69, 9.17) is 11.5 Å². The molecule has 0 rings (SSSR count). The number of ketones is 1. The van der Waals surface area contributed by atoms with E-state index in [1.54, 1.807) is 20.8 Å². The molecule has 0 heterocycles. The number of primary amides is 1. The molecule has 14 heavy (non-hydrogen) atoms. The average Bonchev–Trinajstić information content (AvgIpc) is 1.98. The van der Waals surface area contributed by atoms with Gasteiger partial charge in [0.05, 0.1) is 6.04 Å². The second kappa shape index (κ2) is 4.37. The van der Waals surface area contributed by atoms with Gasteiger partial charge in [0, 0.05) is 11.8 Å². The van der Waals surface area contributed by atoms with E-state index in [2.05, 4.69) is 6.58 Å². The fraction of sp³-hybridized carbons (Fsp3) is 0.600. The van der Waals surface area contributed by atoms with Crippen LogP contribution in [0.5, 0.6) is 0 Å². The molecule has 0 aliphatic carbocycles. The Hall–Kier alpha value is -1.16. The van der Waals surface area contributed by atoms with Crippen LogP contribution in [0.4, 0.5) is 0 Å². The number of carbonyl (C=O) groups is 2. The normalized spacial score (nSPS) is 13.4. The highest BCUT2D eigenvalue weighted by Gasteiger charge is 2.28. The third kappa shape index (κ3) is 3.70. The predicted molar refractivity (Wildman–Crippen MR) is 55.4 cm³/mol. The first-order valence-electron chi connectivity index (χ1n) is 4.42. The Balaban J connectivity index is 4.48. The van der Waals surface area contributed by atoms with Gasteiger partial charge in [-0.05, 0) is 5.57 Å². The summed E-state index contributed by atoms with van der Waals surface area (Å²) in [6.45, 7) is 8.89. The lowest BCUT2D eigenvalue weighted by molar-refractivity contribution is -0.126. The maximum absolute atomic E-state index is 11.6. The zero-order valence-electron chi connectivity index (χ0n) is 8.96. The van der Waals surface area contributed by atoms with Gasteiger partial charge >= 0.3 is 0 Å². The van der Waals surface area contributed by atoms with E-state index < -0.39 is 17.4 Å². The molecule has 0 aromatic rings. The van der Waals surface area contributed by atoms with E-state index in [0.29, 0.717) is 5.57 Å². The van der Waals surface area contributed by atoms with Crippen LogP contribution in [-0.2, 0) is 9.59 Å². The lowest BCUT2D eigenvalue weighted by Gasteiger charge is -2.22. The third-order valence-corrected chi connectivity index (χ3v) is 1.86. The van der Waals surface area contributed by atoms with E-state index in [1.165, 1.54) is 0 Å². The Kier molecular flexibility index (Phi) is 4.01. The fourth-order valence-corrected chi connectivity index (χ4v) is 0.986. The van der Waals surface area contributed by atoms with Crippen molar-refractivity contribution in [3.05, 3.63) is 12.2 Å². The first kappa shape index (κ1) is 12.8. The highest BCUT2D eigenvalue weighted by atomic mass is 16.1. The predicted octanol–water partition coefficient (Wildman–Crippen LogP) is 0.360. The molecular formula is C10H18N2O2. The van der Waals surface area contributed by atoms with E-state index >= 15 is 0 Å². The Morgan fingerprint density at radius 2 is 1.79 bits per heavy atom. The summed E-state index contributed by atoms with van der Waals surface area (Å²) < 4.78 is 0. The summed E-state index contributed by atoms with van der Waals surface area (Å²) in [6, 6.07) is -0.803. The Morgan fingerprint density at radius 1 is 1.36 bits per heavy atom. The number of nitrogens with two attached hydrogens (primary N) is 2. The molecule has 1 amide bonds. The van der Waals surface area contributed by atoms with E-state index in [0.717, 1.165) is 0 Å². The van der Waals surface area contributed by atoms with Crippen LogP contribution in [0.15, 0.2) is 12.2 Å².